The van der Waals surface area contributed by atoms with Gasteiger partial charge in [0.1, 0.15) is 0 Å². The lowest BCUT2D eigenvalue weighted by atomic mass is 9.96. The lowest BCUT2D eigenvalue weighted by molar-refractivity contribution is -0.157. The number of carbonyl (C=O) groups is 1. The van der Waals surface area contributed by atoms with Crippen LogP contribution in [0.2, 0.25) is 0 Å². The molecule has 2 aromatic rings. The van der Waals surface area contributed by atoms with Crippen LogP contribution in [0.5, 0.6) is 0 Å². The molecule has 130 valence electrons. The first-order valence-electron chi connectivity index (χ1n) is 7.58. The van der Waals surface area contributed by atoms with Gasteiger partial charge in [-0.1, -0.05) is 6.07 Å². The Labute approximate surface area is 140 Å². The first-order valence-corrected chi connectivity index (χ1v) is 7.58. The van der Waals surface area contributed by atoms with Crippen molar-refractivity contribution < 1.29 is 22.4 Å². The lowest BCUT2D eigenvalue weighted by Gasteiger charge is -2.30. The summed E-state index contributed by atoms with van der Waals surface area (Å²) in [4.78, 5) is 14.1. The topological polar surface area (TPSA) is 83.0 Å². The number of aromatic nitrogens is 2. The number of amides is 1. The van der Waals surface area contributed by atoms with Crippen LogP contribution in [0.25, 0.3) is 0 Å². The fourth-order valence-corrected chi connectivity index (χ4v) is 2.75. The van der Waals surface area contributed by atoms with Crippen molar-refractivity contribution >= 4 is 5.91 Å². The summed E-state index contributed by atoms with van der Waals surface area (Å²) in [6.07, 6.45) is -3.79. The third kappa shape index (κ3) is 3.63. The second kappa shape index (κ2) is 6.55. The number of hydrogen-bond donors (Lipinski definition) is 0. The Morgan fingerprint density at radius 2 is 2.00 bits per heavy atom. The predicted molar refractivity (Wildman–Crippen MR) is 78.3 cm³/mol. The van der Waals surface area contributed by atoms with Gasteiger partial charge in [0.05, 0.1) is 11.6 Å². The number of halogens is 3. The van der Waals surface area contributed by atoms with Crippen LogP contribution in [0, 0.1) is 11.3 Å². The lowest BCUT2D eigenvalue weighted by Crippen LogP contribution is -2.38. The van der Waals surface area contributed by atoms with Crippen molar-refractivity contribution in [3.63, 3.8) is 0 Å². The number of alkyl halides is 3. The molecule has 0 saturated carbocycles. The Morgan fingerprint density at radius 3 is 2.60 bits per heavy atom. The van der Waals surface area contributed by atoms with Gasteiger partial charge in [-0.2, -0.15) is 18.4 Å². The van der Waals surface area contributed by atoms with E-state index in [0.717, 1.165) is 0 Å². The molecule has 0 radical (unpaired) electrons. The van der Waals surface area contributed by atoms with E-state index in [1.54, 1.807) is 23.1 Å². The smallest absolute Gasteiger partial charge is 0.417 e. The van der Waals surface area contributed by atoms with E-state index in [4.69, 9.17) is 9.68 Å². The Morgan fingerprint density at radius 1 is 1.28 bits per heavy atom. The minimum absolute atomic E-state index is 0.0501. The summed E-state index contributed by atoms with van der Waals surface area (Å²) >= 11 is 0. The summed E-state index contributed by atoms with van der Waals surface area (Å²) in [5, 5.41) is 15.4. The molecule has 0 aliphatic carbocycles. The molecule has 0 unspecified atom stereocenters. The normalized spacial score (nSPS) is 15.8. The van der Waals surface area contributed by atoms with E-state index < -0.39 is 12.1 Å². The highest BCUT2D eigenvalue weighted by Crippen LogP contribution is 2.32. The third-order valence-electron chi connectivity index (χ3n) is 4.05. The molecule has 3 rings (SSSR count). The van der Waals surface area contributed by atoms with Crippen LogP contribution in [0.15, 0.2) is 28.7 Å². The maximum atomic E-state index is 12.5. The summed E-state index contributed by atoms with van der Waals surface area (Å²) in [7, 11) is 0. The molecule has 1 aliphatic heterocycles. The molecule has 0 N–H and O–H groups in total. The van der Waals surface area contributed by atoms with Gasteiger partial charge >= 0.3 is 12.1 Å². The molecule has 1 amide bonds. The zero-order valence-electron chi connectivity index (χ0n) is 13.0. The van der Waals surface area contributed by atoms with E-state index in [0.29, 0.717) is 37.1 Å². The zero-order chi connectivity index (χ0) is 18.0. The third-order valence-corrected chi connectivity index (χ3v) is 4.05. The van der Waals surface area contributed by atoms with Gasteiger partial charge in [0.15, 0.2) is 0 Å². The molecule has 25 heavy (non-hydrogen) atoms. The SMILES string of the molecule is N#Cc1cccc(C(=O)N2CCC(c3nnc(C(F)(F)F)o3)CC2)c1. The number of nitrogens with zero attached hydrogens (tertiary/aromatic N) is 4. The number of benzene rings is 1. The van der Waals surface area contributed by atoms with Crippen LogP contribution in [0.1, 0.15) is 46.5 Å². The van der Waals surface area contributed by atoms with Crippen LogP contribution in [-0.2, 0) is 6.18 Å². The van der Waals surface area contributed by atoms with E-state index in [2.05, 4.69) is 10.2 Å². The van der Waals surface area contributed by atoms with Crippen molar-refractivity contribution in [2.45, 2.75) is 24.9 Å². The Bertz CT molecular complexity index is 817. The van der Waals surface area contributed by atoms with Crippen molar-refractivity contribution in [2.24, 2.45) is 0 Å². The average Bonchev–Trinajstić information content (AvgIpc) is 3.12. The minimum atomic E-state index is -4.66. The highest BCUT2D eigenvalue weighted by Gasteiger charge is 2.39. The van der Waals surface area contributed by atoms with Gasteiger partial charge in [0.25, 0.3) is 5.91 Å². The van der Waals surface area contributed by atoms with Crippen LogP contribution >= 0.6 is 0 Å². The van der Waals surface area contributed by atoms with Crippen LogP contribution in [0.3, 0.4) is 0 Å². The Hall–Kier alpha value is -2.89. The van der Waals surface area contributed by atoms with Crippen LogP contribution in [-0.4, -0.2) is 34.1 Å². The van der Waals surface area contributed by atoms with Crippen LogP contribution < -0.4 is 0 Å². The standard InChI is InChI=1S/C16H13F3N4O2/c17-16(18,19)15-22-21-13(25-15)11-4-6-23(7-5-11)14(24)12-3-1-2-10(8-12)9-20/h1-3,8,11H,4-7H2. The molecule has 2 heterocycles. The zero-order valence-corrected chi connectivity index (χ0v) is 13.0. The molecule has 0 atom stereocenters. The molecule has 1 saturated heterocycles. The van der Waals surface area contributed by atoms with Crippen molar-refractivity contribution in [1.29, 1.82) is 5.26 Å². The van der Waals surface area contributed by atoms with Gasteiger partial charge in [-0.05, 0) is 31.0 Å². The minimum Gasteiger partial charge on any atom is -0.417 e. The quantitative estimate of drug-likeness (QED) is 0.831. The molecule has 1 fully saturated rings. The number of likely N-dealkylation sites (tertiary alicyclic amines) is 1. The first kappa shape index (κ1) is 17.0. The van der Waals surface area contributed by atoms with Crippen molar-refractivity contribution in [3.8, 4) is 6.07 Å². The largest absolute Gasteiger partial charge is 0.470 e. The van der Waals surface area contributed by atoms with Gasteiger partial charge in [-0.15, -0.1) is 10.2 Å². The van der Waals surface area contributed by atoms with Gasteiger partial charge in [-0.25, -0.2) is 0 Å². The predicted octanol–water partition coefficient (Wildman–Crippen LogP) is 2.98. The highest BCUT2D eigenvalue weighted by molar-refractivity contribution is 5.94. The van der Waals surface area contributed by atoms with Crippen LogP contribution in [0.4, 0.5) is 13.2 Å². The van der Waals surface area contributed by atoms with E-state index in [9.17, 15) is 18.0 Å². The van der Waals surface area contributed by atoms with E-state index in [1.807, 2.05) is 6.07 Å². The second-order valence-corrected chi connectivity index (χ2v) is 5.70. The Balaban J connectivity index is 1.64. The van der Waals surface area contributed by atoms with Gasteiger partial charge in [0, 0.05) is 24.6 Å². The van der Waals surface area contributed by atoms with Gasteiger partial charge in [0.2, 0.25) is 5.89 Å². The molecular formula is C16H13F3N4O2. The molecular weight excluding hydrogens is 337 g/mol. The first-order chi connectivity index (χ1) is 11.9. The summed E-state index contributed by atoms with van der Waals surface area (Å²) in [6.45, 7) is 0.730. The highest BCUT2D eigenvalue weighted by atomic mass is 19.4. The van der Waals surface area contributed by atoms with Gasteiger partial charge < -0.3 is 9.32 Å². The fourth-order valence-electron chi connectivity index (χ4n) is 2.75. The molecule has 1 aromatic carbocycles. The maximum absolute atomic E-state index is 12.5. The Kier molecular flexibility index (Phi) is 4.44. The van der Waals surface area contributed by atoms with E-state index in [1.165, 1.54) is 6.07 Å². The summed E-state index contributed by atoms with van der Waals surface area (Å²) in [6, 6.07) is 8.36. The number of nitriles is 1. The summed E-state index contributed by atoms with van der Waals surface area (Å²) in [5.41, 5.74) is 0.806. The molecule has 0 bridgehead atoms. The van der Waals surface area contributed by atoms with Gasteiger partial charge in [-0.3, -0.25) is 4.79 Å². The second-order valence-electron chi connectivity index (χ2n) is 5.70. The number of hydrogen-bond acceptors (Lipinski definition) is 5. The maximum Gasteiger partial charge on any atom is 0.470 e. The molecule has 9 heteroatoms. The summed E-state index contributed by atoms with van der Waals surface area (Å²) < 4.78 is 42.3. The number of rotatable bonds is 2. The van der Waals surface area contributed by atoms with Crippen molar-refractivity contribution in [3.05, 3.63) is 47.2 Å². The number of carbonyl (C=O) groups excluding carboxylic acids is 1. The summed E-state index contributed by atoms with van der Waals surface area (Å²) in [5.74, 6) is -1.92. The van der Waals surface area contributed by atoms with E-state index >= 15 is 0 Å². The molecule has 6 nitrogen and oxygen atoms in total. The number of piperidine rings is 1. The molecule has 1 aliphatic rings. The van der Waals surface area contributed by atoms with E-state index in [-0.39, 0.29) is 17.7 Å². The van der Waals surface area contributed by atoms with Crippen molar-refractivity contribution in [2.75, 3.05) is 13.1 Å². The van der Waals surface area contributed by atoms with Crippen molar-refractivity contribution in [1.82, 2.24) is 15.1 Å². The molecule has 0 spiro atoms. The monoisotopic (exact) mass is 350 g/mol. The fraction of sp³-hybridized carbons (Fsp3) is 0.375. The molecule has 1 aromatic heterocycles. The average molecular weight is 350 g/mol.